The van der Waals surface area contributed by atoms with Crippen LogP contribution >= 0.6 is 11.6 Å². The zero-order chi connectivity index (χ0) is 11.1. The molecule has 0 unspecified atom stereocenters. The number of benzene rings is 1. The van der Waals surface area contributed by atoms with E-state index in [0.717, 1.165) is 25.3 Å². The average Bonchev–Trinajstić information content (AvgIpc) is 2.29. The predicted octanol–water partition coefficient (Wildman–Crippen LogP) is 0.819. The summed E-state index contributed by atoms with van der Waals surface area (Å²) in [6.07, 6.45) is 0.0647. The number of amides is 1. The van der Waals surface area contributed by atoms with E-state index in [2.05, 4.69) is 15.5 Å². The number of carbonyl (C=O) groups excluding carboxylic acids is 1. The van der Waals surface area contributed by atoms with Gasteiger partial charge in [0.25, 0.3) is 5.91 Å². The minimum absolute atomic E-state index is 0.0394. The molecule has 0 bridgehead atoms. The molecule has 2 aliphatic heterocycles. The molecule has 0 saturated carbocycles. The zero-order valence-electron chi connectivity index (χ0n) is 8.66. The van der Waals surface area contributed by atoms with Gasteiger partial charge in [0.15, 0.2) is 0 Å². The molecule has 1 atom stereocenters. The summed E-state index contributed by atoms with van der Waals surface area (Å²) in [5, 5.41) is 6.83. The van der Waals surface area contributed by atoms with Crippen molar-refractivity contribution in [1.82, 2.24) is 10.6 Å². The van der Waals surface area contributed by atoms with Gasteiger partial charge in [-0.3, -0.25) is 4.79 Å². The van der Waals surface area contributed by atoms with Gasteiger partial charge < -0.3 is 15.5 Å². The molecule has 84 valence electrons. The molecule has 4 nitrogen and oxygen atoms in total. The zero-order valence-corrected chi connectivity index (χ0v) is 9.42. The van der Waals surface area contributed by atoms with Gasteiger partial charge in [0.05, 0.1) is 11.3 Å². The highest BCUT2D eigenvalue weighted by molar-refractivity contribution is 6.31. The number of halogens is 1. The molecular formula is C11H12ClN3O. The topological polar surface area (TPSA) is 44.4 Å². The van der Waals surface area contributed by atoms with E-state index >= 15 is 0 Å². The maximum atomic E-state index is 11.9. The highest BCUT2D eigenvalue weighted by atomic mass is 35.5. The molecule has 5 heteroatoms. The Labute approximate surface area is 98.6 Å². The molecule has 2 aliphatic rings. The standard InChI is InChI=1S/C11H12ClN3O/c12-7-1-2-9-8(5-7)11(16)14-10-6-13-3-4-15(9)10/h1-2,5,10,13H,3-4,6H2,(H,14,16)/t10-/m0/s1. The van der Waals surface area contributed by atoms with Crippen molar-refractivity contribution >= 4 is 23.2 Å². The first kappa shape index (κ1) is 9.93. The van der Waals surface area contributed by atoms with E-state index in [1.165, 1.54) is 0 Å². The van der Waals surface area contributed by atoms with Gasteiger partial charge in [-0.2, -0.15) is 0 Å². The summed E-state index contributed by atoms with van der Waals surface area (Å²) >= 11 is 5.91. The fourth-order valence-corrected chi connectivity index (χ4v) is 2.46. The van der Waals surface area contributed by atoms with E-state index in [-0.39, 0.29) is 12.1 Å². The number of nitrogens with zero attached hydrogens (tertiary/aromatic N) is 1. The predicted molar refractivity (Wildman–Crippen MR) is 62.9 cm³/mol. The maximum absolute atomic E-state index is 11.9. The van der Waals surface area contributed by atoms with E-state index in [9.17, 15) is 4.79 Å². The molecule has 0 aromatic heterocycles. The van der Waals surface area contributed by atoms with Crippen LogP contribution in [0.4, 0.5) is 5.69 Å². The van der Waals surface area contributed by atoms with Crippen LogP contribution in [-0.2, 0) is 0 Å². The summed E-state index contributed by atoms with van der Waals surface area (Å²) in [5.74, 6) is -0.0394. The number of carbonyl (C=O) groups is 1. The van der Waals surface area contributed by atoms with Crippen molar-refractivity contribution in [2.24, 2.45) is 0 Å². The van der Waals surface area contributed by atoms with Crippen molar-refractivity contribution in [3.63, 3.8) is 0 Å². The number of hydrogen-bond acceptors (Lipinski definition) is 3. The lowest BCUT2D eigenvalue weighted by molar-refractivity contribution is 0.0923. The first-order valence-electron chi connectivity index (χ1n) is 5.33. The number of hydrogen-bond donors (Lipinski definition) is 2. The number of anilines is 1. The molecular weight excluding hydrogens is 226 g/mol. The Kier molecular flexibility index (Phi) is 2.26. The third kappa shape index (κ3) is 1.45. The first-order chi connectivity index (χ1) is 7.75. The molecule has 0 radical (unpaired) electrons. The summed E-state index contributed by atoms with van der Waals surface area (Å²) in [4.78, 5) is 14.1. The van der Waals surface area contributed by atoms with Gasteiger partial charge in [0.2, 0.25) is 0 Å². The number of rotatable bonds is 0. The van der Waals surface area contributed by atoms with Crippen LogP contribution < -0.4 is 15.5 Å². The first-order valence-corrected chi connectivity index (χ1v) is 5.71. The van der Waals surface area contributed by atoms with Crippen LogP contribution in [0, 0.1) is 0 Å². The van der Waals surface area contributed by atoms with Crippen LogP contribution in [0.3, 0.4) is 0 Å². The third-order valence-corrected chi connectivity index (χ3v) is 3.29. The average molecular weight is 238 g/mol. The number of nitrogens with one attached hydrogen (secondary N) is 2. The summed E-state index contributed by atoms with van der Waals surface area (Å²) in [7, 11) is 0. The van der Waals surface area contributed by atoms with Crippen molar-refractivity contribution in [2.75, 3.05) is 24.5 Å². The summed E-state index contributed by atoms with van der Waals surface area (Å²) in [5.41, 5.74) is 1.66. The molecule has 1 amide bonds. The summed E-state index contributed by atoms with van der Waals surface area (Å²) < 4.78 is 0. The van der Waals surface area contributed by atoms with Gasteiger partial charge in [-0.15, -0.1) is 0 Å². The number of fused-ring (bicyclic) bond motifs is 3. The second-order valence-corrected chi connectivity index (χ2v) is 4.48. The van der Waals surface area contributed by atoms with Crippen LogP contribution in [0.2, 0.25) is 5.02 Å². The van der Waals surface area contributed by atoms with E-state index in [4.69, 9.17) is 11.6 Å². The Morgan fingerprint density at radius 1 is 1.44 bits per heavy atom. The van der Waals surface area contributed by atoms with Crippen molar-refractivity contribution in [3.8, 4) is 0 Å². The quantitative estimate of drug-likeness (QED) is 0.702. The second kappa shape index (κ2) is 3.64. The van der Waals surface area contributed by atoms with Crippen LogP contribution in [0.25, 0.3) is 0 Å². The van der Waals surface area contributed by atoms with Gasteiger partial charge >= 0.3 is 0 Å². The van der Waals surface area contributed by atoms with Crippen LogP contribution in [0.1, 0.15) is 10.4 Å². The summed E-state index contributed by atoms with van der Waals surface area (Å²) in [6.45, 7) is 2.63. The molecule has 0 spiro atoms. The van der Waals surface area contributed by atoms with Crippen molar-refractivity contribution in [3.05, 3.63) is 28.8 Å². The Balaban J connectivity index is 2.08. The Morgan fingerprint density at radius 3 is 3.19 bits per heavy atom. The fourth-order valence-electron chi connectivity index (χ4n) is 2.29. The van der Waals surface area contributed by atoms with E-state index in [1.54, 1.807) is 6.07 Å². The van der Waals surface area contributed by atoms with E-state index in [0.29, 0.717) is 10.6 Å². The summed E-state index contributed by atoms with van der Waals surface area (Å²) in [6, 6.07) is 5.48. The molecule has 0 aliphatic carbocycles. The van der Waals surface area contributed by atoms with Gasteiger partial charge in [0, 0.05) is 24.7 Å². The lowest BCUT2D eigenvalue weighted by atomic mass is 10.1. The third-order valence-electron chi connectivity index (χ3n) is 3.05. The normalized spacial score (nSPS) is 23.4. The Hall–Kier alpha value is -1.26. The smallest absolute Gasteiger partial charge is 0.255 e. The highest BCUT2D eigenvalue weighted by Crippen LogP contribution is 2.29. The monoisotopic (exact) mass is 237 g/mol. The Morgan fingerprint density at radius 2 is 2.31 bits per heavy atom. The van der Waals surface area contributed by atoms with Gasteiger partial charge in [-0.1, -0.05) is 11.6 Å². The highest BCUT2D eigenvalue weighted by Gasteiger charge is 2.32. The van der Waals surface area contributed by atoms with Crippen LogP contribution in [-0.4, -0.2) is 31.7 Å². The van der Waals surface area contributed by atoms with E-state index < -0.39 is 0 Å². The van der Waals surface area contributed by atoms with Crippen molar-refractivity contribution in [1.29, 1.82) is 0 Å². The molecule has 1 aromatic rings. The van der Waals surface area contributed by atoms with Crippen LogP contribution in [0.15, 0.2) is 18.2 Å². The van der Waals surface area contributed by atoms with Gasteiger partial charge in [0.1, 0.15) is 6.17 Å². The minimum Gasteiger partial charge on any atom is -0.348 e. The fraction of sp³-hybridized carbons (Fsp3) is 0.364. The lowest BCUT2D eigenvalue weighted by Gasteiger charge is -2.42. The molecule has 16 heavy (non-hydrogen) atoms. The minimum atomic E-state index is -0.0394. The largest absolute Gasteiger partial charge is 0.348 e. The second-order valence-electron chi connectivity index (χ2n) is 4.05. The van der Waals surface area contributed by atoms with E-state index in [1.807, 2.05) is 12.1 Å². The lowest BCUT2D eigenvalue weighted by Crippen LogP contribution is -2.62. The Bertz CT molecular complexity index is 449. The molecule has 1 saturated heterocycles. The van der Waals surface area contributed by atoms with Crippen molar-refractivity contribution < 1.29 is 4.79 Å². The molecule has 1 fully saturated rings. The molecule has 3 rings (SSSR count). The number of piperazine rings is 1. The van der Waals surface area contributed by atoms with Gasteiger partial charge in [-0.25, -0.2) is 0 Å². The molecule has 2 N–H and O–H groups in total. The molecule has 1 aromatic carbocycles. The van der Waals surface area contributed by atoms with Crippen molar-refractivity contribution in [2.45, 2.75) is 6.17 Å². The van der Waals surface area contributed by atoms with Crippen LogP contribution in [0.5, 0.6) is 0 Å². The molecule has 2 heterocycles. The SMILES string of the molecule is O=C1N[C@@H]2CNCCN2c2ccc(Cl)cc21. The maximum Gasteiger partial charge on any atom is 0.255 e. The van der Waals surface area contributed by atoms with Gasteiger partial charge in [-0.05, 0) is 18.2 Å².